The van der Waals surface area contributed by atoms with Crippen LogP contribution >= 0.6 is 11.6 Å². The number of rotatable bonds is 5. The Hall–Kier alpha value is -1.15. The third-order valence-electron chi connectivity index (χ3n) is 2.32. The highest BCUT2D eigenvalue weighted by Crippen LogP contribution is 2.21. The van der Waals surface area contributed by atoms with Crippen molar-refractivity contribution in [2.75, 3.05) is 13.2 Å². The monoisotopic (exact) mass is 335 g/mol. The lowest BCUT2D eigenvalue weighted by Gasteiger charge is -2.19. The fraction of sp³-hybridized carbons (Fsp3) is 0.462. The number of ether oxygens (including phenoxy) is 2. The van der Waals surface area contributed by atoms with Crippen LogP contribution in [-0.2, 0) is 19.5 Å². The van der Waals surface area contributed by atoms with Gasteiger partial charge in [-0.2, -0.15) is 0 Å². The lowest BCUT2D eigenvalue weighted by atomic mass is 10.2. The third-order valence-corrected chi connectivity index (χ3v) is 3.72. The average Bonchev–Trinajstić information content (AvgIpc) is 2.32. The van der Waals surface area contributed by atoms with Gasteiger partial charge in [0.05, 0.1) is 22.8 Å². The Balaban J connectivity index is 2.72. The van der Waals surface area contributed by atoms with Crippen molar-refractivity contribution in [1.82, 2.24) is 0 Å². The maximum absolute atomic E-state index is 11.8. The summed E-state index contributed by atoms with van der Waals surface area (Å²) < 4.78 is 33.0. The van der Waals surface area contributed by atoms with Gasteiger partial charge in [0.1, 0.15) is 11.5 Å². The fourth-order valence-corrected chi connectivity index (χ4v) is 2.49. The number of nitrogens with two attached hydrogens (primary N) is 1. The van der Waals surface area contributed by atoms with Crippen LogP contribution in [0.15, 0.2) is 23.1 Å². The van der Waals surface area contributed by atoms with Gasteiger partial charge in [-0.25, -0.2) is 18.4 Å². The van der Waals surface area contributed by atoms with Gasteiger partial charge in [0.25, 0.3) is 0 Å². The number of halogens is 1. The smallest absolute Gasteiger partial charge is 0.338 e. The molecule has 118 valence electrons. The second-order valence-corrected chi connectivity index (χ2v) is 7.22. The molecule has 2 N–H and O–H groups in total. The zero-order valence-corrected chi connectivity index (χ0v) is 13.6. The summed E-state index contributed by atoms with van der Waals surface area (Å²) in [5.41, 5.74) is -0.271. The minimum absolute atomic E-state index is 0.0508. The molecule has 0 amide bonds. The molecule has 8 heteroatoms. The molecule has 0 spiro atoms. The van der Waals surface area contributed by atoms with Crippen molar-refractivity contribution < 1.29 is 22.7 Å². The summed E-state index contributed by atoms with van der Waals surface area (Å²) in [5, 5.41) is 4.96. The molecule has 0 aromatic heterocycles. The maximum atomic E-state index is 11.8. The van der Waals surface area contributed by atoms with E-state index >= 15 is 0 Å². The first-order valence-electron chi connectivity index (χ1n) is 6.14. The van der Waals surface area contributed by atoms with Gasteiger partial charge < -0.3 is 9.47 Å². The summed E-state index contributed by atoms with van der Waals surface area (Å²) in [4.78, 5) is 11.5. The van der Waals surface area contributed by atoms with E-state index in [1.54, 1.807) is 0 Å². The van der Waals surface area contributed by atoms with E-state index in [2.05, 4.69) is 0 Å². The van der Waals surface area contributed by atoms with Crippen molar-refractivity contribution in [3.63, 3.8) is 0 Å². The number of hydrogen-bond donors (Lipinski definition) is 1. The standard InChI is InChI=1S/C13H18ClNO5S/c1-13(2,3)20-7-6-19-12(16)9-4-5-10(14)11(8-9)21(15,17)18/h4-5,8H,6-7H2,1-3H3,(H2,15,17,18). The highest BCUT2D eigenvalue weighted by Gasteiger charge is 2.17. The second kappa shape index (κ2) is 6.74. The average molecular weight is 336 g/mol. The number of carbonyl (C=O) groups excluding carboxylic acids is 1. The topological polar surface area (TPSA) is 95.7 Å². The fourth-order valence-electron chi connectivity index (χ4n) is 1.41. The first-order valence-corrected chi connectivity index (χ1v) is 8.06. The van der Waals surface area contributed by atoms with Crippen LogP contribution < -0.4 is 5.14 Å². The lowest BCUT2D eigenvalue weighted by molar-refractivity contribution is -0.0281. The van der Waals surface area contributed by atoms with Crippen LogP contribution in [0.5, 0.6) is 0 Å². The van der Waals surface area contributed by atoms with Gasteiger partial charge in [-0.15, -0.1) is 0 Å². The van der Waals surface area contributed by atoms with Crippen molar-refractivity contribution in [1.29, 1.82) is 0 Å². The molecule has 0 aliphatic carbocycles. The second-order valence-electron chi connectivity index (χ2n) is 5.29. The molecule has 0 aliphatic rings. The van der Waals surface area contributed by atoms with Gasteiger partial charge in [0.15, 0.2) is 0 Å². The Morgan fingerprint density at radius 2 is 1.90 bits per heavy atom. The van der Waals surface area contributed by atoms with E-state index in [4.69, 9.17) is 26.2 Å². The van der Waals surface area contributed by atoms with E-state index in [9.17, 15) is 13.2 Å². The number of benzene rings is 1. The summed E-state index contributed by atoms with van der Waals surface area (Å²) in [5.74, 6) is -0.672. The molecule has 1 aromatic carbocycles. The quantitative estimate of drug-likeness (QED) is 0.655. The normalized spacial score (nSPS) is 12.2. The molecule has 0 saturated carbocycles. The van der Waals surface area contributed by atoms with E-state index in [1.165, 1.54) is 12.1 Å². The molecule has 1 aromatic rings. The minimum Gasteiger partial charge on any atom is -0.460 e. The van der Waals surface area contributed by atoms with Crippen LogP contribution in [-0.4, -0.2) is 33.2 Å². The van der Waals surface area contributed by atoms with Gasteiger partial charge in [-0.05, 0) is 39.0 Å². The van der Waals surface area contributed by atoms with Crippen molar-refractivity contribution in [2.45, 2.75) is 31.3 Å². The zero-order valence-electron chi connectivity index (χ0n) is 12.1. The molecule has 6 nitrogen and oxygen atoms in total. The molecular weight excluding hydrogens is 318 g/mol. The Bertz CT molecular complexity index is 622. The molecule has 0 heterocycles. The molecule has 21 heavy (non-hydrogen) atoms. The Labute approximate surface area is 129 Å². The molecule has 0 bridgehead atoms. The molecule has 0 radical (unpaired) electrons. The maximum Gasteiger partial charge on any atom is 0.338 e. The van der Waals surface area contributed by atoms with Crippen LogP contribution in [0, 0.1) is 0 Å². The Morgan fingerprint density at radius 1 is 1.29 bits per heavy atom. The van der Waals surface area contributed by atoms with E-state index < -0.39 is 16.0 Å². The molecule has 0 fully saturated rings. The Kier molecular flexibility index (Phi) is 5.75. The first kappa shape index (κ1) is 17.9. The summed E-state index contributed by atoms with van der Waals surface area (Å²) in [6.07, 6.45) is 0. The van der Waals surface area contributed by atoms with Crippen LogP contribution in [0.25, 0.3) is 0 Å². The largest absolute Gasteiger partial charge is 0.460 e. The highest BCUT2D eigenvalue weighted by molar-refractivity contribution is 7.89. The predicted molar refractivity (Wildman–Crippen MR) is 78.8 cm³/mol. The van der Waals surface area contributed by atoms with Gasteiger partial charge in [0.2, 0.25) is 10.0 Å². The molecule has 1 rings (SSSR count). The summed E-state index contributed by atoms with van der Waals surface area (Å²) in [7, 11) is -4.00. The summed E-state index contributed by atoms with van der Waals surface area (Å²) >= 11 is 5.73. The van der Waals surface area contributed by atoms with Crippen LogP contribution in [0.3, 0.4) is 0 Å². The highest BCUT2D eigenvalue weighted by atomic mass is 35.5. The van der Waals surface area contributed by atoms with Crippen molar-refractivity contribution in [3.05, 3.63) is 28.8 Å². The van der Waals surface area contributed by atoms with Gasteiger partial charge in [-0.3, -0.25) is 0 Å². The van der Waals surface area contributed by atoms with Crippen molar-refractivity contribution >= 4 is 27.6 Å². The van der Waals surface area contributed by atoms with Crippen LogP contribution in [0.2, 0.25) is 5.02 Å². The van der Waals surface area contributed by atoms with E-state index in [0.29, 0.717) is 0 Å². The first-order chi connectivity index (χ1) is 9.50. The molecular formula is C13H18ClNO5S. The molecule has 0 atom stereocenters. The zero-order chi connectivity index (χ0) is 16.3. The van der Waals surface area contributed by atoms with E-state index in [0.717, 1.165) is 6.07 Å². The summed E-state index contributed by atoms with van der Waals surface area (Å²) in [6, 6.07) is 3.73. The lowest BCUT2D eigenvalue weighted by Crippen LogP contribution is -2.22. The SMILES string of the molecule is CC(C)(C)OCCOC(=O)c1ccc(Cl)c(S(N)(=O)=O)c1. The van der Waals surface area contributed by atoms with Gasteiger partial charge in [0, 0.05) is 0 Å². The molecule has 0 saturated heterocycles. The van der Waals surface area contributed by atoms with Crippen molar-refractivity contribution in [3.8, 4) is 0 Å². The van der Waals surface area contributed by atoms with Gasteiger partial charge >= 0.3 is 5.97 Å². The number of hydrogen-bond acceptors (Lipinski definition) is 5. The number of carbonyl (C=O) groups is 1. The van der Waals surface area contributed by atoms with Crippen molar-refractivity contribution in [2.24, 2.45) is 5.14 Å². The third kappa shape index (κ3) is 6.01. The number of sulfonamides is 1. The number of esters is 1. The van der Waals surface area contributed by atoms with E-state index in [-0.39, 0.29) is 34.3 Å². The van der Waals surface area contributed by atoms with Crippen LogP contribution in [0.4, 0.5) is 0 Å². The predicted octanol–water partition coefficient (Wildman–Crippen LogP) is 1.96. The number of primary sulfonamides is 1. The molecule has 0 aliphatic heterocycles. The van der Waals surface area contributed by atoms with Gasteiger partial charge in [-0.1, -0.05) is 11.6 Å². The Morgan fingerprint density at radius 3 is 2.43 bits per heavy atom. The van der Waals surface area contributed by atoms with Crippen LogP contribution in [0.1, 0.15) is 31.1 Å². The minimum atomic E-state index is -4.00. The van der Waals surface area contributed by atoms with E-state index in [1.807, 2.05) is 20.8 Å². The molecule has 0 unspecified atom stereocenters. The summed E-state index contributed by atoms with van der Waals surface area (Å²) in [6.45, 7) is 5.94.